The molecular weight excluding hydrogens is 258 g/mol. The molecule has 0 fully saturated rings. The predicted molar refractivity (Wildman–Crippen MR) is 72.6 cm³/mol. The molecule has 0 aromatic carbocycles. The van der Waals surface area contributed by atoms with E-state index >= 15 is 0 Å². The molecule has 0 unspecified atom stereocenters. The Morgan fingerprint density at radius 1 is 1.35 bits per heavy atom. The minimum absolute atomic E-state index is 0.0467. The van der Waals surface area contributed by atoms with Crippen molar-refractivity contribution in [2.45, 2.75) is 20.4 Å². The zero-order valence-corrected chi connectivity index (χ0v) is 11.2. The Kier molecular flexibility index (Phi) is 3.84. The number of nitrogens with one attached hydrogen (secondary N) is 2. The van der Waals surface area contributed by atoms with Gasteiger partial charge in [-0.05, 0) is 31.5 Å². The molecule has 0 aliphatic rings. The van der Waals surface area contributed by atoms with Crippen LogP contribution in [0.5, 0.6) is 0 Å². The molecule has 0 aliphatic heterocycles. The molecule has 2 heterocycles. The van der Waals surface area contributed by atoms with Gasteiger partial charge in [0.05, 0.1) is 17.8 Å². The molecule has 2 aromatic heterocycles. The molecule has 0 saturated carbocycles. The summed E-state index contributed by atoms with van der Waals surface area (Å²) in [5.41, 5.74) is 2.14. The number of rotatable bonds is 4. The van der Waals surface area contributed by atoms with Gasteiger partial charge in [-0.1, -0.05) is 6.07 Å². The summed E-state index contributed by atoms with van der Waals surface area (Å²) in [6.07, 6.45) is 1.65. The standard InChI is InChI=1S/C14H15N3O3/c1-8-11(9(2)17-12(8)14(19)20)13(18)16-7-10-5-3-4-6-15-10/h3-6,17H,7H2,1-2H3,(H,16,18)(H,19,20). The fourth-order valence-corrected chi connectivity index (χ4v) is 2.07. The molecule has 0 spiro atoms. The summed E-state index contributed by atoms with van der Waals surface area (Å²) in [6.45, 7) is 3.59. The molecule has 0 atom stereocenters. The van der Waals surface area contributed by atoms with Crippen LogP contribution in [0.2, 0.25) is 0 Å². The monoisotopic (exact) mass is 273 g/mol. The topological polar surface area (TPSA) is 95.1 Å². The van der Waals surface area contributed by atoms with Crippen LogP contribution in [0, 0.1) is 13.8 Å². The smallest absolute Gasteiger partial charge is 0.352 e. The van der Waals surface area contributed by atoms with Gasteiger partial charge in [-0.15, -0.1) is 0 Å². The molecule has 0 bridgehead atoms. The number of aromatic amines is 1. The highest BCUT2D eigenvalue weighted by molar-refractivity contribution is 6.00. The fourth-order valence-electron chi connectivity index (χ4n) is 2.07. The SMILES string of the molecule is Cc1[nH]c(C(=O)O)c(C)c1C(=O)NCc1ccccn1. The highest BCUT2D eigenvalue weighted by Crippen LogP contribution is 2.17. The fraction of sp³-hybridized carbons (Fsp3) is 0.214. The molecule has 104 valence electrons. The molecule has 20 heavy (non-hydrogen) atoms. The van der Waals surface area contributed by atoms with Gasteiger partial charge in [0.15, 0.2) is 0 Å². The number of pyridine rings is 1. The Bertz CT molecular complexity index is 647. The second kappa shape index (κ2) is 5.56. The Morgan fingerprint density at radius 3 is 2.65 bits per heavy atom. The molecule has 2 aromatic rings. The van der Waals surface area contributed by atoms with Crippen molar-refractivity contribution in [3.63, 3.8) is 0 Å². The number of carboxylic acids is 1. The van der Waals surface area contributed by atoms with Gasteiger partial charge in [0.2, 0.25) is 0 Å². The third-order valence-corrected chi connectivity index (χ3v) is 3.03. The van der Waals surface area contributed by atoms with E-state index in [1.54, 1.807) is 32.2 Å². The number of aromatic carboxylic acids is 1. The Labute approximate surface area is 115 Å². The van der Waals surface area contributed by atoms with Crippen LogP contribution in [0.3, 0.4) is 0 Å². The zero-order chi connectivity index (χ0) is 14.7. The first-order valence-electron chi connectivity index (χ1n) is 6.11. The lowest BCUT2D eigenvalue weighted by atomic mass is 10.1. The third-order valence-electron chi connectivity index (χ3n) is 3.03. The minimum Gasteiger partial charge on any atom is -0.477 e. The summed E-state index contributed by atoms with van der Waals surface area (Å²) in [7, 11) is 0. The molecule has 0 saturated heterocycles. The van der Waals surface area contributed by atoms with Crippen LogP contribution in [-0.4, -0.2) is 27.0 Å². The largest absolute Gasteiger partial charge is 0.477 e. The summed E-state index contributed by atoms with van der Waals surface area (Å²) in [6, 6.07) is 5.44. The number of nitrogens with zero attached hydrogens (tertiary/aromatic N) is 1. The number of carbonyl (C=O) groups excluding carboxylic acids is 1. The Balaban J connectivity index is 2.16. The first-order chi connectivity index (χ1) is 9.50. The first-order valence-corrected chi connectivity index (χ1v) is 6.11. The van der Waals surface area contributed by atoms with Crippen molar-refractivity contribution in [3.05, 3.63) is 52.6 Å². The maximum absolute atomic E-state index is 12.1. The summed E-state index contributed by atoms with van der Waals surface area (Å²) in [5.74, 6) is -1.39. The number of hydrogen-bond donors (Lipinski definition) is 3. The van der Waals surface area contributed by atoms with E-state index in [1.807, 2.05) is 6.07 Å². The van der Waals surface area contributed by atoms with Gasteiger partial charge >= 0.3 is 5.97 Å². The molecule has 0 radical (unpaired) electrons. The van der Waals surface area contributed by atoms with Crippen LogP contribution < -0.4 is 5.32 Å². The van der Waals surface area contributed by atoms with E-state index in [2.05, 4.69) is 15.3 Å². The average molecular weight is 273 g/mol. The van der Waals surface area contributed by atoms with Gasteiger partial charge in [0.25, 0.3) is 5.91 Å². The van der Waals surface area contributed by atoms with Gasteiger partial charge in [-0.25, -0.2) is 4.79 Å². The highest BCUT2D eigenvalue weighted by atomic mass is 16.4. The third kappa shape index (κ3) is 2.69. The normalized spacial score (nSPS) is 10.3. The first kappa shape index (κ1) is 13.8. The van der Waals surface area contributed by atoms with Crippen LogP contribution in [0.25, 0.3) is 0 Å². The van der Waals surface area contributed by atoms with E-state index in [1.165, 1.54) is 0 Å². The van der Waals surface area contributed by atoms with Gasteiger partial charge in [-0.3, -0.25) is 9.78 Å². The van der Waals surface area contributed by atoms with Crippen LogP contribution in [0.4, 0.5) is 0 Å². The quantitative estimate of drug-likeness (QED) is 0.789. The maximum atomic E-state index is 12.1. The zero-order valence-electron chi connectivity index (χ0n) is 11.2. The van der Waals surface area contributed by atoms with E-state index in [0.717, 1.165) is 5.69 Å². The van der Waals surface area contributed by atoms with Crippen molar-refractivity contribution < 1.29 is 14.7 Å². The summed E-state index contributed by atoms with van der Waals surface area (Å²) in [4.78, 5) is 30.0. The molecule has 0 aliphatic carbocycles. The van der Waals surface area contributed by atoms with Crippen molar-refractivity contribution in [3.8, 4) is 0 Å². The molecular formula is C14H15N3O3. The highest BCUT2D eigenvalue weighted by Gasteiger charge is 2.21. The second-order valence-electron chi connectivity index (χ2n) is 4.43. The van der Waals surface area contributed by atoms with Crippen LogP contribution in [0.15, 0.2) is 24.4 Å². The van der Waals surface area contributed by atoms with Crippen molar-refractivity contribution in [1.82, 2.24) is 15.3 Å². The predicted octanol–water partition coefficient (Wildman–Crippen LogP) is 1.65. The maximum Gasteiger partial charge on any atom is 0.352 e. The number of hydrogen-bond acceptors (Lipinski definition) is 3. The van der Waals surface area contributed by atoms with E-state index in [-0.39, 0.29) is 11.6 Å². The number of aromatic nitrogens is 2. The molecule has 2 rings (SSSR count). The average Bonchev–Trinajstić information content (AvgIpc) is 2.73. The lowest BCUT2D eigenvalue weighted by Gasteiger charge is -2.05. The van der Waals surface area contributed by atoms with E-state index in [9.17, 15) is 9.59 Å². The van der Waals surface area contributed by atoms with Gasteiger partial charge < -0.3 is 15.4 Å². The number of aryl methyl sites for hydroxylation is 1. The lowest BCUT2D eigenvalue weighted by Crippen LogP contribution is -2.24. The van der Waals surface area contributed by atoms with Crippen molar-refractivity contribution in [2.24, 2.45) is 0 Å². The Hall–Kier alpha value is -2.63. The van der Waals surface area contributed by atoms with Gasteiger partial charge in [0, 0.05) is 11.9 Å². The minimum atomic E-state index is -1.07. The van der Waals surface area contributed by atoms with E-state index in [0.29, 0.717) is 23.4 Å². The number of carbonyl (C=O) groups is 2. The van der Waals surface area contributed by atoms with Crippen LogP contribution in [0.1, 0.15) is 37.8 Å². The Morgan fingerprint density at radius 2 is 2.10 bits per heavy atom. The molecule has 1 amide bonds. The second-order valence-corrected chi connectivity index (χ2v) is 4.43. The van der Waals surface area contributed by atoms with Gasteiger partial charge in [0.1, 0.15) is 5.69 Å². The number of amides is 1. The molecule has 3 N–H and O–H groups in total. The van der Waals surface area contributed by atoms with E-state index < -0.39 is 5.97 Å². The van der Waals surface area contributed by atoms with Crippen molar-refractivity contribution >= 4 is 11.9 Å². The van der Waals surface area contributed by atoms with Gasteiger partial charge in [-0.2, -0.15) is 0 Å². The number of carboxylic acid groups (broad SMARTS) is 1. The van der Waals surface area contributed by atoms with Crippen LogP contribution in [-0.2, 0) is 6.54 Å². The van der Waals surface area contributed by atoms with Crippen molar-refractivity contribution in [2.75, 3.05) is 0 Å². The summed E-state index contributed by atoms with van der Waals surface area (Å²) >= 11 is 0. The van der Waals surface area contributed by atoms with E-state index in [4.69, 9.17) is 5.11 Å². The number of H-pyrrole nitrogens is 1. The molecule has 6 nitrogen and oxygen atoms in total. The van der Waals surface area contributed by atoms with Crippen molar-refractivity contribution in [1.29, 1.82) is 0 Å². The lowest BCUT2D eigenvalue weighted by molar-refractivity contribution is 0.0690. The summed E-state index contributed by atoms with van der Waals surface area (Å²) in [5, 5.41) is 11.8. The molecule has 6 heteroatoms. The van der Waals surface area contributed by atoms with Crippen LogP contribution >= 0.6 is 0 Å². The summed E-state index contributed by atoms with van der Waals surface area (Å²) < 4.78 is 0.